The molecule has 0 amide bonds. The summed E-state index contributed by atoms with van der Waals surface area (Å²) in [6, 6.07) is 108. The van der Waals surface area contributed by atoms with E-state index in [0.717, 1.165) is 52.4 Å². The van der Waals surface area contributed by atoms with Crippen LogP contribution in [-0.4, -0.2) is 0 Å². The lowest BCUT2D eigenvalue weighted by Gasteiger charge is -2.34. The molecule has 0 heterocycles. The number of benzene rings is 12. The quantitative estimate of drug-likeness (QED) is 0.0557. The summed E-state index contributed by atoms with van der Waals surface area (Å²) in [4.78, 5) is 10.5. The van der Waals surface area contributed by atoms with E-state index in [2.05, 4.69) is 325 Å². The second kappa shape index (κ2) is 23.8. The summed E-state index contributed by atoms with van der Waals surface area (Å²) in [5.41, 5.74) is 20.1. The van der Waals surface area contributed by atoms with Gasteiger partial charge in [0.25, 0.3) is 0 Å². The van der Waals surface area contributed by atoms with Gasteiger partial charge in [-0.2, -0.15) is 0 Å². The van der Waals surface area contributed by atoms with Crippen molar-refractivity contribution in [3.8, 4) is 11.1 Å². The first-order valence-electron chi connectivity index (χ1n) is 29.4. The zero-order valence-corrected chi connectivity index (χ0v) is 47.7. The Labute approximate surface area is 490 Å². The van der Waals surface area contributed by atoms with Crippen molar-refractivity contribution in [3.05, 3.63) is 347 Å². The lowest BCUT2D eigenvalue weighted by atomic mass is 9.81. The van der Waals surface area contributed by atoms with Gasteiger partial charge in [0.15, 0.2) is 0 Å². The SMILES string of the molecule is CC1(C)c2cc(N(Cc3ccccc3)Cc3ccccc3)ccc2-c2cc3c(N(Cc4ccccc4)Cc4ccccc4)c4cc(N(Cc5ccccc5)Cc5ccccc5)ccc4c(N(Cc4ccccc4)Cc4ccccc4)c3cc21. The normalized spacial score (nSPS) is 12.2. The van der Waals surface area contributed by atoms with E-state index >= 15 is 0 Å². The molecule has 0 atom stereocenters. The molecule has 1 aliphatic carbocycles. The van der Waals surface area contributed by atoms with Crippen molar-refractivity contribution in [3.63, 3.8) is 0 Å². The number of fused-ring (bicyclic) bond motifs is 5. The van der Waals surface area contributed by atoms with Crippen LogP contribution in [0.15, 0.2) is 291 Å². The van der Waals surface area contributed by atoms with Crippen molar-refractivity contribution in [2.75, 3.05) is 19.6 Å². The highest BCUT2D eigenvalue weighted by Gasteiger charge is 2.38. The van der Waals surface area contributed by atoms with E-state index < -0.39 is 0 Å². The molecule has 83 heavy (non-hydrogen) atoms. The lowest BCUT2D eigenvalue weighted by molar-refractivity contribution is 0.660. The van der Waals surface area contributed by atoms with Crippen LogP contribution in [0.25, 0.3) is 32.7 Å². The van der Waals surface area contributed by atoms with E-state index in [1.54, 1.807) is 0 Å². The van der Waals surface area contributed by atoms with Gasteiger partial charge in [-0.1, -0.05) is 269 Å². The van der Waals surface area contributed by atoms with Gasteiger partial charge in [-0.3, -0.25) is 0 Å². The van der Waals surface area contributed by atoms with E-state index in [-0.39, 0.29) is 5.41 Å². The zero-order chi connectivity index (χ0) is 56.0. The van der Waals surface area contributed by atoms with Gasteiger partial charge in [-0.05, 0) is 103 Å². The molecule has 0 aliphatic heterocycles. The van der Waals surface area contributed by atoms with Gasteiger partial charge >= 0.3 is 0 Å². The van der Waals surface area contributed by atoms with Crippen molar-refractivity contribution in [1.29, 1.82) is 0 Å². The molecular weight excluding hydrogens is 1000 g/mol. The third kappa shape index (κ3) is 11.5. The summed E-state index contributed by atoms with van der Waals surface area (Å²) in [6.07, 6.45) is 0. The second-order valence-corrected chi connectivity index (χ2v) is 23.0. The van der Waals surface area contributed by atoms with Crippen LogP contribution in [0.5, 0.6) is 0 Å². The second-order valence-electron chi connectivity index (χ2n) is 23.0. The minimum absolute atomic E-state index is 0.316. The molecule has 0 fully saturated rings. The maximum atomic E-state index is 2.68. The van der Waals surface area contributed by atoms with Gasteiger partial charge in [-0.15, -0.1) is 0 Å². The number of hydrogen-bond acceptors (Lipinski definition) is 4. The Morgan fingerprint density at radius 2 is 0.494 bits per heavy atom. The van der Waals surface area contributed by atoms with E-state index in [1.807, 2.05) is 0 Å². The smallest absolute Gasteiger partial charge is 0.0534 e. The molecule has 0 aromatic heterocycles. The van der Waals surface area contributed by atoms with Crippen LogP contribution in [0.3, 0.4) is 0 Å². The van der Waals surface area contributed by atoms with Crippen molar-refractivity contribution >= 4 is 44.3 Å². The van der Waals surface area contributed by atoms with Crippen LogP contribution < -0.4 is 19.6 Å². The molecule has 12 aromatic rings. The molecule has 4 heteroatoms. The van der Waals surface area contributed by atoms with Crippen LogP contribution in [0.4, 0.5) is 22.7 Å². The summed E-state index contributed by atoms with van der Waals surface area (Å²) < 4.78 is 0. The van der Waals surface area contributed by atoms with Crippen LogP contribution in [0.1, 0.15) is 69.5 Å². The first-order chi connectivity index (χ1) is 40.9. The average molecular weight is 1080 g/mol. The Morgan fingerprint density at radius 3 is 0.843 bits per heavy atom. The molecule has 12 aromatic carbocycles. The first-order valence-corrected chi connectivity index (χ1v) is 29.4. The number of hydrogen-bond donors (Lipinski definition) is 0. The highest BCUT2D eigenvalue weighted by atomic mass is 15.2. The van der Waals surface area contributed by atoms with E-state index in [4.69, 9.17) is 0 Å². The standard InChI is InChI=1S/C79H70N4/c1-79(2)75-48-68(81(53-61-31-15-5-16-32-61)54-62-33-17-6-18-34-62)43-45-69(75)71-49-73-74(50-76(71)79)77(82(55-63-35-19-7-20-36-63)56-64-37-21-8-22-38-64)70-46-44-67(80(51-59-27-11-3-12-28-59)52-60-29-13-4-14-30-60)47-72(70)78(73)83(57-65-39-23-9-24-40-65)58-66-41-25-10-26-42-66/h3-50H,51-58H2,1-2H3. The minimum Gasteiger partial charge on any atom is -0.363 e. The largest absolute Gasteiger partial charge is 0.363 e. The topological polar surface area (TPSA) is 13.0 Å². The fraction of sp³-hybridized carbons (Fsp3) is 0.139. The first kappa shape index (κ1) is 52.7. The molecule has 0 spiro atoms. The third-order valence-corrected chi connectivity index (χ3v) is 16.9. The summed E-state index contributed by atoms with van der Waals surface area (Å²) in [5, 5.41) is 4.99. The van der Waals surface area contributed by atoms with Gasteiger partial charge in [0.1, 0.15) is 0 Å². The third-order valence-electron chi connectivity index (χ3n) is 16.9. The predicted octanol–water partition coefficient (Wildman–Crippen LogP) is 19.1. The van der Waals surface area contributed by atoms with Crippen molar-refractivity contribution < 1.29 is 0 Å². The van der Waals surface area contributed by atoms with E-state index in [1.165, 1.54) is 111 Å². The van der Waals surface area contributed by atoms with Gasteiger partial charge in [0.2, 0.25) is 0 Å². The zero-order valence-electron chi connectivity index (χ0n) is 47.7. The highest BCUT2D eigenvalue weighted by molar-refractivity contribution is 6.22. The van der Waals surface area contributed by atoms with E-state index in [9.17, 15) is 0 Å². The molecule has 0 saturated carbocycles. The fourth-order valence-corrected chi connectivity index (χ4v) is 12.8. The van der Waals surface area contributed by atoms with Crippen molar-refractivity contribution in [2.45, 2.75) is 71.6 Å². The van der Waals surface area contributed by atoms with Crippen LogP contribution >= 0.6 is 0 Å². The van der Waals surface area contributed by atoms with Gasteiger partial charge in [0, 0.05) is 90.7 Å². The van der Waals surface area contributed by atoms with Gasteiger partial charge < -0.3 is 19.6 Å². The molecule has 4 nitrogen and oxygen atoms in total. The fourth-order valence-electron chi connectivity index (χ4n) is 12.8. The molecule has 1 aliphatic rings. The Bertz CT molecular complexity index is 3930. The van der Waals surface area contributed by atoms with E-state index in [0.29, 0.717) is 0 Å². The lowest BCUT2D eigenvalue weighted by Crippen LogP contribution is -2.26. The van der Waals surface area contributed by atoms with Crippen LogP contribution in [0, 0.1) is 0 Å². The summed E-state index contributed by atoms with van der Waals surface area (Å²) in [7, 11) is 0. The Balaban J connectivity index is 1.09. The maximum Gasteiger partial charge on any atom is 0.0534 e. The predicted molar refractivity (Wildman–Crippen MR) is 350 cm³/mol. The summed E-state index contributed by atoms with van der Waals surface area (Å²) in [6.45, 7) is 11.0. The van der Waals surface area contributed by atoms with Crippen LogP contribution in [0.2, 0.25) is 0 Å². The van der Waals surface area contributed by atoms with Crippen LogP contribution in [-0.2, 0) is 57.8 Å². The number of rotatable bonds is 20. The Hall–Kier alpha value is -9.64. The molecule has 0 N–H and O–H groups in total. The number of anilines is 4. The maximum absolute atomic E-state index is 2.68. The molecule has 0 radical (unpaired) electrons. The molecule has 406 valence electrons. The molecule has 13 rings (SSSR count). The Morgan fingerprint density at radius 1 is 0.229 bits per heavy atom. The van der Waals surface area contributed by atoms with Gasteiger partial charge in [-0.25, -0.2) is 0 Å². The molecule has 0 bridgehead atoms. The average Bonchev–Trinajstić information content (AvgIpc) is 2.01. The number of nitrogens with zero attached hydrogens (tertiary/aromatic N) is 4. The summed E-state index contributed by atoms with van der Waals surface area (Å²) in [5.74, 6) is 0. The molecule has 0 saturated heterocycles. The summed E-state index contributed by atoms with van der Waals surface area (Å²) >= 11 is 0. The highest BCUT2D eigenvalue weighted by Crippen LogP contribution is 2.55. The molecular formula is C79H70N4. The minimum atomic E-state index is -0.316. The molecule has 0 unspecified atom stereocenters. The van der Waals surface area contributed by atoms with Crippen molar-refractivity contribution in [1.82, 2.24) is 0 Å². The van der Waals surface area contributed by atoms with Gasteiger partial charge in [0.05, 0.1) is 11.4 Å². The monoisotopic (exact) mass is 1070 g/mol. The Kier molecular flexibility index (Phi) is 15.1. The van der Waals surface area contributed by atoms with Crippen molar-refractivity contribution in [2.24, 2.45) is 0 Å².